The van der Waals surface area contributed by atoms with Gasteiger partial charge in [0.05, 0.1) is 53.2 Å². The molecular weight excluding hydrogens is 468 g/mol. The molecule has 0 saturated carbocycles. The van der Waals surface area contributed by atoms with E-state index >= 15 is 0 Å². The van der Waals surface area contributed by atoms with Gasteiger partial charge >= 0.3 is 17.9 Å². The quantitative estimate of drug-likeness (QED) is 0.309. The number of esters is 3. The molecule has 1 fully saturated rings. The second kappa shape index (κ2) is 15.5. The Bertz CT molecular complexity index is 813. The van der Waals surface area contributed by atoms with E-state index < -0.39 is 0 Å². The summed E-state index contributed by atoms with van der Waals surface area (Å²) in [7, 11) is 4.14. The Morgan fingerprint density at radius 3 is 1.33 bits per heavy atom. The van der Waals surface area contributed by atoms with E-state index in [4.69, 9.17) is 14.2 Å². The largest absolute Gasteiger partial charge is 0.468 e. The smallest absolute Gasteiger partial charge is 0.319 e. The maximum Gasteiger partial charge on any atom is 0.319 e. The van der Waals surface area contributed by atoms with Crippen molar-refractivity contribution < 1.29 is 28.6 Å². The first-order chi connectivity index (χ1) is 17.2. The van der Waals surface area contributed by atoms with Crippen molar-refractivity contribution >= 4 is 17.9 Å². The molecule has 0 unspecified atom stereocenters. The number of hydrogen-bond donors (Lipinski definition) is 0. The average molecular weight is 511 g/mol. The maximum atomic E-state index is 12.0. The third-order valence-corrected chi connectivity index (χ3v) is 6.40. The Balaban J connectivity index is 2.16. The van der Waals surface area contributed by atoms with Crippen LogP contribution in [0.2, 0.25) is 0 Å². The monoisotopic (exact) mass is 510 g/mol. The molecule has 0 spiro atoms. The van der Waals surface area contributed by atoms with Crippen LogP contribution in [0.25, 0.3) is 0 Å². The van der Waals surface area contributed by atoms with Crippen LogP contribution in [0.1, 0.15) is 11.4 Å². The molecule has 1 saturated heterocycles. The van der Waals surface area contributed by atoms with Crippen LogP contribution < -0.4 is 0 Å². The van der Waals surface area contributed by atoms with Gasteiger partial charge in [-0.15, -0.1) is 0 Å². The molecule has 1 aliphatic rings. The molecule has 0 amide bonds. The number of ether oxygens (including phenoxy) is 3. The van der Waals surface area contributed by atoms with Gasteiger partial charge < -0.3 is 14.2 Å². The summed E-state index contributed by atoms with van der Waals surface area (Å²) >= 11 is 0. The molecule has 1 aromatic heterocycles. The summed E-state index contributed by atoms with van der Waals surface area (Å²) < 4.78 is 16.7. The molecule has 0 aliphatic carbocycles. The first kappa shape index (κ1) is 29.7. The average Bonchev–Trinajstić information content (AvgIpc) is 3.19. The van der Waals surface area contributed by atoms with E-state index in [-0.39, 0.29) is 37.5 Å². The minimum Gasteiger partial charge on any atom is -0.468 e. The van der Waals surface area contributed by atoms with E-state index in [1.54, 1.807) is 0 Å². The second-order valence-corrected chi connectivity index (χ2v) is 9.05. The van der Waals surface area contributed by atoms with Crippen molar-refractivity contribution in [3.63, 3.8) is 0 Å². The molecular formula is C24H42N6O6. The number of nitrogens with zero attached hydrogens (tertiary/aromatic N) is 6. The zero-order valence-corrected chi connectivity index (χ0v) is 22.4. The third kappa shape index (κ3) is 10.6. The lowest BCUT2D eigenvalue weighted by molar-refractivity contribution is -0.144. The van der Waals surface area contributed by atoms with Gasteiger partial charge in [0.1, 0.15) is 0 Å². The molecule has 0 atom stereocenters. The lowest BCUT2D eigenvalue weighted by Gasteiger charge is -2.33. The van der Waals surface area contributed by atoms with Gasteiger partial charge in [0.25, 0.3) is 0 Å². The highest BCUT2D eigenvalue weighted by Crippen LogP contribution is 2.05. The van der Waals surface area contributed by atoms with Gasteiger partial charge in [-0.05, 0) is 19.9 Å². The Morgan fingerprint density at radius 1 is 0.667 bits per heavy atom. The normalized spacial score (nSPS) is 17.7. The molecule has 1 aliphatic heterocycles. The van der Waals surface area contributed by atoms with Crippen molar-refractivity contribution in [3.05, 3.63) is 17.5 Å². The predicted molar refractivity (Wildman–Crippen MR) is 134 cm³/mol. The van der Waals surface area contributed by atoms with Gasteiger partial charge in [-0.1, -0.05) is 0 Å². The minimum atomic E-state index is -0.323. The third-order valence-electron chi connectivity index (χ3n) is 6.40. The summed E-state index contributed by atoms with van der Waals surface area (Å²) in [6.45, 7) is 11.2. The zero-order valence-electron chi connectivity index (χ0n) is 22.4. The van der Waals surface area contributed by atoms with Gasteiger partial charge in [-0.3, -0.25) is 38.7 Å². The molecule has 204 valence electrons. The van der Waals surface area contributed by atoms with Crippen LogP contribution in [-0.4, -0.2) is 147 Å². The van der Waals surface area contributed by atoms with Crippen LogP contribution in [0.4, 0.5) is 0 Å². The summed E-state index contributed by atoms with van der Waals surface area (Å²) in [5, 5.41) is 4.57. The van der Waals surface area contributed by atoms with E-state index in [0.717, 1.165) is 37.6 Å². The Hall–Kier alpha value is -2.54. The highest BCUT2D eigenvalue weighted by molar-refractivity contribution is 5.72. The lowest BCUT2D eigenvalue weighted by atomic mass is 10.3. The summed E-state index contributed by atoms with van der Waals surface area (Å²) in [5.41, 5.74) is 2.11. The van der Waals surface area contributed by atoms with Gasteiger partial charge in [0, 0.05) is 64.6 Å². The Labute approximate surface area is 214 Å². The summed E-state index contributed by atoms with van der Waals surface area (Å²) in [5.74, 6) is -0.906. The van der Waals surface area contributed by atoms with Crippen molar-refractivity contribution in [2.75, 3.05) is 99.9 Å². The molecule has 2 rings (SSSR count). The fraction of sp³-hybridized carbons (Fsp3) is 0.750. The zero-order chi connectivity index (χ0) is 26.5. The summed E-state index contributed by atoms with van der Waals surface area (Å²) in [6.07, 6.45) is 0. The van der Waals surface area contributed by atoms with E-state index in [1.165, 1.54) is 21.3 Å². The maximum absolute atomic E-state index is 12.0. The summed E-state index contributed by atoms with van der Waals surface area (Å²) in [6, 6.07) is 2.06. The van der Waals surface area contributed by atoms with E-state index in [1.807, 2.05) is 23.4 Å². The van der Waals surface area contributed by atoms with Crippen LogP contribution in [-0.2, 0) is 35.1 Å². The number of hydrogen-bond acceptors (Lipinski definition) is 11. The lowest BCUT2D eigenvalue weighted by Crippen LogP contribution is -2.49. The van der Waals surface area contributed by atoms with E-state index in [0.29, 0.717) is 39.3 Å². The van der Waals surface area contributed by atoms with E-state index in [2.05, 4.69) is 25.9 Å². The van der Waals surface area contributed by atoms with Crippen LogP contribution in [0.15, 0.2) is 6.07 Å². The van der Waals surface area contributed by atoms with Crippen molar-refractivity contribution in [1.29, 1.82) is 0 Å². The Kier molecular flexibility index (Phi) is 12.8. The van der Waals surface area contributed by atoms with E-state index in [9.17, 15) is 14.4 Å². The molecule has 36 heavy (non-hydrogen) atoms. The number of methoxy groups -OCH3 is 3. The first-order valence-electron chi connectivity index (χ1n) is 12.3. The fourth-order valence-corrected chi connectivity index (χ4v) is 4.16. The number of carbonyl (C=O) groups excluding carboxylic acids is 3. The topological polar surface area (TPSA) is 110 Å². The highest BCUT2D eigenvalue weighted by atomic mass is 16.5. The van der Waals surface area contributed by atoms with Crippen LogP contribution in [0, 0.1) is 13.8 Å². The van der Waals surface area contributed by atoms with Gasteiger partial charge in [0.15, 0.2) is 0 Å². The SMILES string of the molecule is COC(=O)CN1CCN(CCn2nc(C)cc2C)CCN(CC(=O)OC)CCN(CC(=O)OC)CC1. The van der Waals surface area contributed by atoms with Crippen molar-refractivity contribution in [2.24, 2.45) is 0 Å². The van der Waals surface area contributed by atoms with Crippen LogP contribution in [0.3, 0.4) is 0 Å². The van der Waals surface area contributed by atoms with Crippen LogP contribution in [0.5, 0.6) is 0 Å². The molecule has 2 heterocycles. The number of carbonyl (C=O) groups is 3. The molecule has 1 aromatic rings. The molecule has 12 heteroatoms. The summed E-state index contributed by atoms with van der Waals surface area (Å²) in [4.78, 5) is 44.5. The molecule has 0 bridgehead atoms. The minimum absolute atomic E-state index is 0.142. The number of aryl methyl sites for hydroxylation is 2. The van der Waals surface area contributed by atoms with Gasteiger partial charge in [0.2, 0.25) is 0 Å². The van der Waals surface area contributed by atoms with Gasteiger partial charge in [-0.25, -0.2) is 0 Å². The molecule has 0 N–H and O–H groups in total. The molecule has 0 aromatic carbocycles. The first-order valence-corrected chi connectivity index (χ1v) is 12.3. The Morgan fingerprint density at radius 2 is 1.03 bits per heavy atom. The predicted octanol–water partition coefficient (Wildman–Crippen LogP) is -0.759. The molecule has 12 nitrogen and oxygen atoms in total. The van der Waals surface area contributed by atoms with Crippen molar-refractivity contribution in [1.82, 2.24) is 29.4 Å². The number of aromatic nitrogens is 2. The number of rotatable bonds is 9. The standard InChI is InChI=1S/C24H42N6O6/c1-20-16-21(2)30(25-20)15-14-26-6-8-27(17-22(31)34-3)10-12-29(19-24(33)36-5)13-11-28(9-7-26)18-23(32)35-4/h16H,6-15,17-19H2,1-5H3. The second-order valence-electron chi connectivity index (χ2n) is 9.05. The molecule has 0 radical (unpaired) electrons. The van der Waals surface area contributed by atoms with Crippen LogP contribution >= 0.6 is 0 Å². The fourth-order valence-electron chi connectivity index (χ4n) is 4.16. The van der Waals surface area contributed by atoms with Gasteiger partial charge in [-0.2, -0.15) is 5.10 Å². The van der Waals surface area contributed by atoms with Crippen molar-refractivity contribution in [2.45, 2.75) is 20.4 Å². The highest BCUT2D eigenvalue weighted by Gasteiger charge is 2.21. The van der Waals surface area contributed by atoms with Crippen molar-refractivity contribution in [3.8, 4) is 0 Å².